The van der Waals surface area contributed by atoms with Crippen LogP contribution in [0.4, 0.5) is 0 Å². The van der Waals surface area contributed by atoms with Crippen LogP contribution in [0.5, 0.6) is 0 Å². The van der Waals surface area contributed by atoms with Gasteiger partial charge in [0.2, 0.25) is 0 Å². The van der Waals surface area contributed by atoms with Gasteiger partial charge in [0.15, 0.2) is 0 Å². The van der Waals surface area contributed by atoms with Crippen molar-refractivity contribution in [2.75, 3.05) is 0 Å². The normalized spacial score (nSPS) is 24.3. The SMILES string of the molecule is CCC[C@H]1N[C@@H](Cc2ccccc2)C(CCC)(CCC)O1. The van der Waals surface area contributed by atoms with Crippen molar-refractivity contribution in [1.29, 1.82) is 0 Å². The first-order valence-electron chi connectivity index (χ1n) is 8.72. The van der Waals surface area contributed by atoms with Gasteiger partial charge in [-0.3, -0.25) is 5.32 Å². The van der Waals surface area contributed by atoms with Gasteiger partial charge in [-0.15, -0.1) is 0 Å². The Morgan fingerprint density at radius 1 is 1.00 bits per heavy atom. The molecule has 0 unspecified atom stereocenters. The quantitative estimate of drug-likeness (QED) is 0.750. The maximum atomic E-state index is 6.54. The summed E-state index contributed by atoms with van der Waals surface area (Å²) in [7, 11) is 0. The van der Waals surface area contributed by atoms with Crippen molar-refractivity contribution < 1.29 is 4.74 Å². The average Bonchev–Trinajstić information content (AvgIpc) is 2.79. The van der Waals surface area contributed by atoms with Crippen molar-refractivity contribution in [3.05, 3.63) is 35.9 Å². The zero-order valence-corrected chi connectivity index (χ0v) is 13.9. The van der Waals surface area contributed by atoms with E-state index >= 15 is 0 Å². The molecule has 21 heavy (non-hydrogen) atoms. The number of hydrogen-bond donors (Lipinski definition) is 1. The van der Waals surface area contributed by atoms with E-state index in [-0.39, 0.29) is 11.8 Å². The highest BCUT2D eigenvalue weighted by Crippen LogP contribution is 2.37. The molecule has 0 bridgehead atoms. The molecule has 1 N–H and O–H groups in total. The van der Waals surface area contributed by atoms with Gasteiger partial charge in [0.05, 0.1) is 5.60 Å². The molecule has 2 heteroatoms. The molecule has 0 aromatic heterocycles. The lowest BCUT2D eigenvalue weighted by Crippen LogP contribution is -2.45. The minimum absolute atomic E-state index is 0.0270. The van der Waals surface area contributed by atoms with Crippen molar-refractivity contribution in [2.45, 2.75) is 83.6 Å². The fourth-order valence-electron chi connectivity index (χ4n) is 3.71. The summed E-state index contributed by atoms with van der Waals surface area (Å²) in [5.74, 6) is 0. The topological polar surface area (TPSA) is 21.3 Å². The van der Waals surface area contributed by atoms with Gasteiger partial charge >= 0.3 is 0 Å². The molecule has 0 radical (unpaired) electrons. The van der Waals surface area contributed by atoms with Gasteiger partial charge in [-0.1, -0.05) is 70.4 Å². The Kier molecular flexibility index (Phi) is 6.25. The van der Waals surface area contributed by atoms with E-state index in [2.05, 4.69) is 56.4 Å². The van der Waals surface area contributed by atoms with E-state index in [4.69, 9.17) is 4.74 Å². The summed E-state index contributed by atoms with van der Waals surface area (Å²) in [5.41, 5.74) is 1.44. The molecular formula is C19H31NO. The second kappa shape index (κ2) is 7.95. The monoisotopic (exact) mass is 289 g/mol. The van der Waals surface area contributed by atoms with Crippen LogP contribution in [0.15, 0.2) is 30.3 Å². The van der Waals surface area contributed by atoms with E-state index in [1.54, 1.807) is 0 Å². The zero-order chi connectivity index (χ0) is 15.1. The van der Waals surface area contributed by atoms with E-state index in [1.165, 1.54) is 24.8 Å². The first-order chi connectivity index (χ1) is 10.2. The van der Waals surface area contributed by atoms with Crippen LogP contribution in [-0.2, 0) is 11.2 Å². The van der Waals surface area contributed by atoms with Crippen LogP contribution in [0.25, 0.3) is 0 Å². The lowest BCUT2D eigenvalue weighted by Gasteiger charge is -2.34. The van der Waals surface area contributed by atoms with Gasteiger partial charge < -0.3 is 4.74 Å². The highest BCUT2D eigenvalue weighted by molar-refractivity contribution is 5.18. The van der Waals surface area contributed by atoms with Crippen LogP contribution < -0.4 is 5.32 Å². The van der Waals surface area contributed by atoms with Crippen molar-refractivity contribution in [1.82, 2.24) is 5.32 Å². The summed E-state index contributed by atoms with van der Waals surface area (Å²) < 4.78 is 6.54. The molecule has 2 nitrogen and oxygen atoms in total. The summed E-state index contributed by atoms with van der Waals surface area (Å²) in [6.45, 7) is 6.78. The van der Waals surface area contributed by atoms with Crippen LogP contribution in [0, 0.1) is 0 Å². The molecule has 1 aliphatic heterocycles. The Hall–Kier alpha value is -0.860. The fraction of sp³-hybridized carbons (Fsp3) is 0.684. The maximum Gasteiger partial charge on any atom is 0.109 e. The van der Waals surface area contributed by atoms with Crippen LogP contribution in [-0.4, -0.2) is 17.9 Å². The van der Waals surface area contributed by atoms with E-state index < -0.39 is 0 Å². The molecule has 1 fully saturated rings. The van der Waals surface area contributed by atoms with Crippen LogP contribution in [0.2, 0.25) is 0 Å². The Labute approximate surface area is 130 Å². The smallest absolute Gasteiger partial charge is 0.109 e. The third-order valence-electron chi connectivity index (χ3n) is 4.58. The zero-order valence-electron chi connectivity index (χ0n) is 13.9. The third kappa shape index (κ3) is 4.08. The molecule has 0 amide bonds. The Morgan fingerprint density at radius 2 is 1.67 bits per heavy atom. The first-order valence-corrected chi connectivity index (χ1v) is 8.72. The number of nitrogens with one attached hydrogen (secondary N) is 1. The molecule has 1 aromatic carbocycles. The second-order valence-corrected chi connectivity index (χ2v) is 6.37. The minimum atomic E-state index is 0.0270. The molecule has 1 heterocycles. The van der Waals surface area contributed by atoms with Gasteiger partial charge in [-0.05, 0) is 31.2 Å². The molecule has 0 aliphatic carbocycles. The van der Waals surface area contributed by atoms with Crippen LogP contribution >= 0.6 is 0 Å². The van der Waals surface area contributed by atoms with Gasteiger partial charge in [-0.2, -0.15) is 0 Å². The van der Waals surface area contributed by atoms with E-state index in [0.717, 1.165) is 25.7 Å². The first kappa shape index (κ1) is 16.5. The number of hydrogen-bond acceptors (Lipinski definition) is 2. The lowest BCUT2D eigenvalue weighted by molar-refractivity contribution is -0.0627. The molecule has 2 atom stereocenters. The predicted octanol–water partition coefficient (Wildman–Crippen LogP) is 4.68. The molecule has 0 saturated carbocycles. The maximum absolute atomic E-state index is 6.54. The molecule has 1 aromatic rings. The highest BCUT2D eigenvalue weighted by Gasteiger charge is 2.46. The summed E-state index contributed by atoms with van der Waals surface area (Å²) in [6, 6.07) is 11.3. The molecule has 118 valence electrons. The molecule has 0 spiro atoms. The Bertz CT molecular complexity index is 397. The van der Waals surface area contributed by atoms with Crippen molar-refractivity contribution in [3.63, 3.8) is 0 Å². The van der Waals surface area contributed by atoms with Gasteiger partial charge in [0, 0.05) is 6.04 Å². The molecule has 1 saturated heterocycles. The summed E-state index contributed by atoms with van der Waals surface area (Å²) >= 11 is 0. The van der Waals surface area contributed by atoms with E-state index in [1.807, 2.05) is 0 Å². The van der Waals surface area contributed by atoms with E-state index in [9.17, 15) is 0 Å². The minimum Gasteiger partial charge on any atom is -0.355 e. The van der Waals surface area contributed by atoms with Gasteiger partial charge in [-0.25, -0.2) is 0 Å². The summed E-state index contributed by atoms with van der Waals surface area (Å²) in [6.07, 6.45) is 8.28. The number of benzene rings is 1. The third-order valence-corrected chi connectivity index (χ3v) is 4.58. The van der Waals surface area contributed by atoms with E-state index in [0.29, 0.717) is 6.04 Å². The fourth-order valence-corrected chi connectivity index (χ4v) is 3.71. The summed E-state index contributed by atoms with van der Waals surface area (Å²) in [4.78, 5) is 0. The predicted molar refractivity (Wildman–Crippen MR) is 89.4 cm³/mol. The molecule has 2 rings (SSSR count). The highest BCUT2D eigenvalue weighted by atomic mass is 16.5. The second-order valence-electron chi connectivity index (χ2n) is 6.37. The summed E-state index contributed by atoms with van der Waals surface area (Å²) in [5, 5.41) is 3.78. The van der Waals surface area contributed by atoms with Crippen molar-refractivity contribution in [3.8, 4) is 0 Å². The van der Waals surface area contributed by atoms with Crippen LogP contribution in [0.3, 0.4) is 0 Å². The van der Waals surface area contributed by atoms with Crippen LogP contribution in [0.1, 0.15) is 64.9 Å². The number of ether oxygens (including phenoxy) is 1. The van der Waals surface area contributed by atoms with Crippen molar-refractivity contribution >= 4 is 0 Å². The standard InChI is InChI=1S/C19H31NO/c1-4-10-18-20-17(15-16-11-8-7-9-12-16)19(21-18,13-5-2)14-6-3/h7-9,11-12,17-18,20H,4-6,10,13-15H2,1-3H3/t17-,18-/m0/s1. The molecule has 1 aliphatic rings. The lowest BCUT2D eigenvalue weighted by atomic mass is 9.82. The Balaban J connectivity index is 2.16. The Morgan fingerprint density at radius 3 is 2.24 bits per heavy atom. The largest absolute Gasteiger partial charge is 0.355 e. The van der Waals surface area contributed by atoms with Gasteiger partial charge in [0.25, 0.3) is 0 Å². The van der Waals surface area contributed by atoms with Gasteiger partial charge in [0.1, 0.15) is 6.23 Å². The number of rotatable bonds is 8. The molecular weight excluding hydrogens is 258 g/mol. The van der Waals surface area contributed by atoms with Crippen molar-refractivity contribution in [2.24, 2.45) is 0 Å². The average molecular weight is 289 g/mol.